The first-order chi connectivity index (χ1) is 15.4. The first-order valence-electron chi connectivity index (χ1n) is 9.89. The smallest absolute Gasteiger partial charge is 0.338 e. The zero-order valence-electron chi connectivity index (χ0n) is 17.3. The summed E-state index contributed by atoms with van der Waals surface area (Å²) < 4.78 is 7.18. The number of ether oxygens (including phenoxy) is 1. The van der Waals surface area contributed by atoms with E-state index >= 15 is 0 Å². The molecular formula is C23H19N3O5S. The van der Waals surface area contributed by atoms with Crippen LogP contribution in [0.5, 0.6) is 0 Å². The molecule has 4 rings (SSSR count). The van der Waals surface area contributed by atoms with E-state index in [4.69, 9.17) is 4.74 Å². The molecule has 0 aliphatic carbocycles. The lowest BCUT2D eigenvalue weighted by molar-refractivity contribution is -0.384. The van der Waals surface area contributed by atoms with Crippen molar-refractivity contribution in [3.63, 3.8) is 0 Å². The second kappa shape index (κ2) is 8.72. The number of hydrogen-bond donors (Lipinski definition) is 0. The van der Waals surface area contributed by atoms with E-state index in [9.17, 15) is 19.7 Å². The van der Waals surface area contributed by atoms with Gasteiger partial charge in [0.25, 0.3) is 11.2 Å². The van der Waals surface area contributed by atoms with Crippen LogP contribution in [0.4, 0.5) is 5.69 Å². The molecule has 0 fully saturated rings. The van der Waals surface area contributed by atoms with Crippen molar-refractivity contribution in [2.75, 3.05) is 6.61 Å². The van der Waals surface area contributed by atoms with E-state index < -0.39 is 16.9 Å². The Morgan fingerprint density at radius 1 is 1.22 bits per heavy atom. The Labute approximate surface area is 186 Å². The summed E-state index contributed by atoms with van der Waals surface area (Å²) in [7, 11) is 0. The van der Waals surface area contributed by atoms with Crippen molar-refractivity contribution in [2.24, 2.45) is 4.99 Å². The molecule has 0 radical (unpaired) electrons. The van der Waals surface area contributed by atoms with Gasteiger partial charge >= 0.3 is 5.97 Å². The zero-order valence-corrected chi connectivity index (χ0v) is 18.2. The lowest BCUT2D eigenvalue weighted by atomic mass is 9.96. The van der Waals surface area contributed by atoms with Crippen LogP contribution in [0.2, 0.25) is 0 Å². The van der Waals surface area contributed by atoms with Gasteiger partial charge in [0.15, 0.2) is 4.80 Å². The van der Waals surface area contributed by atoms with Crippen molar-refractivity contribution >= 4 is 29.1 Å². The van der Waals surface area contributed by atoms with Gasteiger partial charge < -0.3 is 4.74 Å². The van der Waals surface area contributed by atoms with Crippen molar-refractivity contribution in [2.45, 2.75) is 19.9 Å². The Bertz CT molecular complexity index is 1400. The minimum atomic E-state index is -0.662. The number of nitro groups is 1. The average Bonchev–Trinajstić information content (AvgIpc) is 3.08. The summed E-state index contributed by atoms with van der Waals surface area (Å²) in [6.45, 7) is 3.67. The van der Waals surface area contributed by atoms with Gasteiger partial charge in [0.2, 0.25) is 0 Å². The number of benzene rings is 2. The van der Waals surface area contributed by atoms with Crippen LogP contribution in [-0.4, -0.2) is 22.1 Å². The SMILES string of the molecule is CCOC(=O)C1=C(C)N=c2s/c(=C/c3ccc([N+](=O)[O-])cc3)c(=O)n2[C@@H]1c1ccccc1. The lowest BCUT2D eigenvalue weighted by Gasteiger charge is -2.24. The molecule has 8 nitrogen and oxygen atoms in total. The largest absolute Gasteiger partial charge is 0.463 e. The number of rotatable bonds is 5. The predicted molar refractivity (Wildman–Crippen MR) is 120 cm³/mol. The summed E-state index contributed by atoms with van der Waals surface area (Å²) in [6, 6.07) is 14.6. The van der Waals surface area contributed by atoms with Gasteiger partial charge in [-0.05, 0) is 43.2 Å². The molecule has 0 saturated carbocycles. The van der Waals surface area contributed by atoms with Gasteiger partial charge in [-0.1, -0.05) is 41.7 Å². The van der Waals surface area contributed by atoms with Crippen molar-refractivity contribution in [1.82, 2.24) is 4.57 Å². The molecule has 2 heterocycles. The number of hydrogen-bond acceptors (Lipinski definition) is 7. The fraction of sp³-hybridized carbons (Fsp3) is 0.174. The van der Waals surface area contributed by atoms with Crippen molar-refractivity contribution in [3.05, 3.63) is 107 Å². The molecule has 32 heavy (non-hydrogen) atoms. The molecule has 1 aliphatic heterocycles. The van der Waals surface area contributed by atoms with E-state index in [2.05, 4.69) is 4.99 Å². The third kappa shape index (κ3) is 3.90. The Morgan fingerprint density at radius 3 is 2.53 bits per heavy atom. The highest BCUT2D eigenvalue weighted by molar-refractivity contribution is 7.07. The number of aromatic nitrogens is 1. The van der Waals surface area contributed by atoms with Gasteiger partial charge in [-0.25, -0.2) is 9.79 Å². The number of allylic oxidation sites excluding steroid dienone is 1. The van der Waals surface area contributed by atoms with Gasteiger partial charge in [0, 0.05) is 12.1 Å². The number of non-ortho nitro benzene ring substituents is 1. The molecule has 2 aromatic carbocycles. The topological polar surface area (TPSA) is 104 Å². The quantitative estimate of drug-likeness (QED) is 0.338. The van der Waals surface area contributed by atoms with Gasteiger partial charge in [0.05, 0.1) is 33.4 Å². The molecule has 0 bridgehead atoms. The minimum absolute atomic E-state index is 0.0256. The monoisotopic (exact) mass is 449 g/mol. The van der Waals surface area contributed by atoms with E-state index in [1.165, 1.54) is 28.0 Å². The second-order valence-corrected chi connectivity index (χ2v) is 8.07. The van der Waals surface area contributed by atoms with E-state index in [1.54, 1.807) is 32.1 Å². The maximum atomic E-state index is 13.4. The first kappa shape index (κ1) is 21.4. The fourth-order valence-electron chi connectivity index (χ4n) is 3.59. The Morgan fingerprint density at radius 2 is 1.91 bits per heavy atom. The lowest BCUT2D eigenvalue weighted by Crippen LogP contribution is -2.39. The first-order valence-corrected chi connectivity index (χ1v) is 10.7. The number of carbonyl (C=O) groups is 1. The van der Waals surface area contributed by atoms with Crippen LogP contribution in [0.15, 0.2) is 75.7 Å². The third-order valence-electron chi connectivity index (χ3n) is 5.03. The van der Waals surface area contributed by atoms with E-state index in [1.807, 2.05) is 30.3 Å². The summed E-state index contributed by atoms with van der Waals surface area (Å²) in [5, 5.41) is 10.9. The van der Waals surface area contributed by atoms with Crippen LogP contribution in [-0.2, 0) is 9.53 Å². The van der Waals surface area contributed by atoms with E-state index in [-0.39, 0.29) is 17.9 Å². The summed E-state index contributed by atoms with van der Waals surface area (Å²) in [6.07, 6.45) is 1.67. The number of carbonyl (C=O) groups excluding carboxylic acids is 1. The number of thiazole rings is 1. The summed E-state index contributed by atoms with van der Waals surface area (Å²) in [4.78, 5) is 41.6. The summed E-state index contributed by atoms with van der Waals surface area (Å²) in [5.74, 6) is -0.507. The molecule has 0 spiro atoms. The van der Waals surface area contributed by atoms with Gasteiger partial charge in [-0.15, -0.1) is 0 Å². The fourth-order valence-corrected chi connectivity index (χ4v) is 4.63. The van der Waals surface area contributed by atoms with Gasteiger partial charge in [0.1, 0.15) is 0 Å². The van der Waals surface area contributed by atoms with Crippen LogP contribution in [0.3, 0.4) is 0 Å². The Balaban J connectivity index is 1.90. The number of fused-ring (bicyclic) bond motifs is 1. The van der Waals surface area contributed by atoms with E-state index in [0.29, 0.717) is 26.2 Å². The van der Waals surface area contributed by atoms with Crippen molar-refractivity contribution < 1.29 is 14.5 Å². The van der Waals surface area contributed by atoms with Gasteiger partial charge in [-0.2, -0.15) is 0 Å². The molecule has 1 aromatic heterocycles. The van der Waals surface area contributed by atoms with Crippen LogP contribution < -0.4 is 14.9 Å². The van der Waals surface area contributed by atoms with Crippen LogP contribution in [0, 0.1) is 10.1 Å². The molecular weight excluding hydrogens is 430 g/mol. The standard InChI is InChI=1S/C23H19N3O5S/c1-3-31-22(28)19-14(2)24-23-25(20(19)16-7-5-4-6-8-16)21(27)18(32-23)13-15-9-11-17(12-10-15)26(29)30/h4-13,20H,3H2,1-2H3/b18-13+/t20-/m1/s1. The molecule has 9 heteroatoms. The molecule has 0 amide bonds. The van der Waals surface area contributed by atoms with Crippen LogP contribution >= 0.6 is 11.3 Å². The van der Waals surface area contributed by atoms with Crippen LogP contribution in [0.1, 0.15) is 31.0 Å². The summed E-state index contributed by atoms with van der Waals surface area (Å²) in [5.41, 5.74) is 1.93. The van der Waals surface area contributed by atoms with Gasteiger partial charge in [-0.3, -0.25) is 19.5 Å². The van der Waals surface area contributed by atoms with E-state index in [0.717, 1.165) is 5.56 Å². The highest BCUT2D eigenvalue weighted by atomic mass is 32.1. The highest BCUT2D eigenvalue weighted by Gasteiger charge is 2.33. The maximum Gasteiger partial charge on any atom is 0.338 e. The number of esters is 1. The van der Waals surface area contributed by atoms with Crippen molar-refractivity contribution in [3.8, 4) is 0 Å². The molecule has 1 aliphatic rings. The second-order valence-electron chi connectivity index (χ2n) is 7.06. The highest BCUT2D eigenvalue weighted by Crippen LogP contribution is 2.30. The molecule has 0 N–H and O–H groups in total. The minimum Gasteiger partial charge on any atom is -0.463 e. The molecule has 3 aromatic rings. The summed E-state index contributed by atoms with van der Waals surface area (Å²) >= 11 is 1.20. The average molecular weight is 449 g/mol. The van der Waals surface area contributed by atoms with Crippen LogP contribution in [0.25, 0.3) is 6.08 Å². The molecule has 162 valence electrons. The number of nitrogens with zero attached hydrogens (tertiary/aromatic N) is 3. The number of nitro benzene ring substituents is 1. The molecule has 0 saturated heterocycles. The molecule has 1 atom stereocenters. The van der Waals surface area contributed by atoms with Crippen molar-refractivity contribution in [1.29, 1.82) is 0 Å². The maximum absolute atomic E-state index is 13.4. The predicted octanol–water partition coefficient (Wildman–Crippen LogP) is 2.71. The normalized spacial score (nSPS) is 15.8. The Kier molecular flexibility index (Phi) is 5.83. The zero-order chi connectivity index (χ0) is 22.8. The Hall–Kier alpha value is -3.85. The third-order valence-corrected chi connectivity index (χ3v) is 6.02. The molecule has 0 unspecified atom stereocenters.